The summed E-state index contributed by atoms with van der Waals surface area (Å²) in [4.78, 5) is 0. The van der Waals surface area contributed by atoms with Crippen LogP contribution in [0.4, 0.5) is 0 Å². The first kappa shape index (κ1) is 11.0. The maximum absolute atomic E-state index is 6.00. The van der Waals surface area contributed by atoms with E-state index in [1.54, 1.807) is 0 Å². The van der Waals surface area contributed by atoms with Gasteiger partial charge in [-0.25, -0.2) is 4.68 Å². The van der Waals surface area contributed by atoms with Crippen molar-refractivity contribution in [3.05, 3.63) is 23.2 Å². The monoisotopic (exact) mass is 251 g/mol. The van der Waals surface area contributed by atoms with Crippen molar-refractivity contribution >= 4 is 22.6 Å². The smallest absolute Gasteiger partial charge is 0.113 e. The second-order valence-corrected chi connectivity index (χ2v) is 4.90. The summed E-state index contributed by atoms with van der Waals surface area (Å²) < 4.78 is 7.31. The summed E-state index contributed by atoms with van der Waals surface area (Å²) in [6.07, 6.45) is 2.20. The number of nitrogens with zero attached hydrogens (tertiary/aromatic N) is 3. The van der Waals surface area contributed by atoms with Gasteiger partial charge in [-0.15, -0.1) is 5.10 Å². The van der Waals surface area contributed by atoms with Crippen LogP contribution in [0.15, 0.2) is 18.2 Å². The molecular weight excluding hydrogens is 238 g/mol. The normalized spacial score (nSPS) is 17.7. The van der Waals surface area contributed by atoms with Gasteiger partial charge in [0.1, 0.15) is 5.52 Å². The average Bonchev–Trinajstić information content (AvgIpc) is 2.73. The molecule has 17 heavy (non-hydrogen) atoms. The van der Waals surface area contributed by atoms with Crippen molar-refractivity contribution in [2.75, 3.05) is 13.2 Å². The van der Waals surface area contributed by atoms with Crippen LogP contribution < -0.4 is 0 Å². The largest absolute Gasteiger partial charge is 0.381 e. The van der Waals surface area contributed by atoms with Gasteiger partial charge in [-0.1, -0.05) is 16.8 Å². The zero-order chi connectivity index (χ0) is 11.7. The molecule has 0 aliphatic carbocycles. The first-order valence-electron chi connectivity index (χ1n) is 5.89. The Morgan fingerprint density at radius 1 is 1.35 bits per heavy atom. The zero-order valence-corrected chi connectivity index (χ0v) is 10.2. The van der Waals surface area contributed by atoms with Crippen LogP contribution in [0.25, 0.3) is 11.0 Å². The molecule has 2 heterocycles. The SMILES string of the molecule is Clc1ccc2nnn(CC3CCOCC3)c2c1. The number of hydrogen-bond donors (Lipinski definition) is 0. The van der Waals surface area contributed by atoms with Crippen molar-refractivity contribution in [2.45, 2.75) is 19.4 Å². The van der Waals surface area contributed by atoms with Crippen LogP contribution in [0, 0.1) is 5.92 Å². The highest BCUT2D eigenvalue weighted by atomic mass is 35.5. The lowest BCUT2D eigenvalue weighted by atomic mass is 10.0. The van der Waals surface area contributed by atoms with Crippen molar-refractivity contribution in [1.82, 2.24) is 15.0 Å². The summed E-state index contributed by atoms with van der Waals surface area (Å²) in [5, 5.41) is 9.08. The van der Waals surface area contributed by atoms with Crippen LogP contribution in [0.2, 0.25) is 5.02 Å². The van der Waals surface area contributed by atoms with Gasteiger partial charge in [0.2, 0.25) is 0 Å². The molecule has 1 aromatic heterocycles. The lowest BCUT2D eigenvalue weighted by molar-refractivity contribution is 0.0604. The van der Waals surface area contributed by atoms with E-state index in [-0.39, 0.29) is 0 Å². The Morgan fingerprint density at radius 2 is 2.18 bits per heavy atom. The molecule has 0 atom stereocenters. The molecule has 1 aromatic carbocycles. The Morgan fingerprint density at radius 3 is 3.00 bits per heavy atom. The number of hydrogen-bond acceptors (Lipinski definition) is 3. The van der Waals surface area contributed by atoms with E-state index in [4.69, 9.17) is 16.3 Å². The third-order valence-electron chi connectivity index (χ3n) is 3.25. The number of fused-ring (bicyclic) bond motifs is 1. The number of rotatable bonds is 2. The van der Waals surface area contributed by atoms with E-state index in [9.17, 15) is 0 Å². The molecule has 2 aromatic rings. The van der Waals surface area contributed by atoms with E-state index in [2.05, 4.69) is 10.3 Å². The average molecular weight is 252 g/mol. The van der Waals surface area contributed by atoms with Crippen molar-refractivity contribution in [1.29, 1.82) is 0 Å². The van der Waals surface area contributed by atoms with Crippen LogP contribution in [0.1, 0.15) is 12.8 Å². The second-order valence-electron chi connectivity index (χ2n) is 4.46. The van der Waals surface area contributed by atoms with Crippen molar-refractivity contribution in [3.8, 4) is 0 Å². The number of aromatic nitrogens is 3. The molecule has 0 amide bonds. The summed E-state index contributed by atoms with van der Waals surface area (Å²) in [5.41, 5.74) is 1.92. The van der Waals surface area contributed by atoms with Gasteiger partial charge in [0, 0.05) is 24.8 Å². The Balaban J connectivity index is 1.86. The molecule has 0 N–H and O–H groups in total. The zero-order valence-electron chi connectivity index (χ0n) is 9.47. The second kappa shape index (κ2) is 4.63. The van der Waals surface area contributed by atoms with Gasteiger partial charge in [-0.3, -0.25) is 0 Å². The topological polar surface area (TPSA) is 39.9 Å². The molecular formula is C12H14ClN3O. The molecule has 90 valence electrons. The molecule has 5 heteroatoms. The standard InChI is InChI=1S/C12H14ClN3O/c13-10-1-2-11-12(7-10)16(15-14-11)8-9-3-5-17-6-4-9/h1-2,7,9H,3-6,8H2. The Labute approximate surface area is 105 Å². The van der Waals surface area contributed by atoms with Gasteiger partial charge in [0.15, 0.2) is 0 Å². The molecule has 1 aliphatic heterocycles. The summed E-state index contributed by atoms with van der Waals surface area (Å²) in [6.45, 7) is 2.62. The van der Waals surface area contributed by atoms with Gasteiger partial charge < -0.3 is 4.74 Å². The van der Waals surface area contributed by atoms with Crippen LogP contribution in [0.5, 0.6) is 0 Å². The summed E-state index contributed by atoms with van der Waals surface area (Å²) in [6, 6.07) is 5.68. The van der Waals surface area contributed by atoms with E-state index in [0.29, 0.717) is 5.92 Å². The van der Waals surface area contributed by atoms with Gasteiger partial charge in [0.05, 0.1) is 5.52 Å². The maximum atomic E-state index is 6.00. The predicted octanol–water partition coefficient (Wildman–Crippen LogP) is 2.51. The third-order valence-corrected chi connectivity index (χ3v) is 3.48. The van der Waals surface area contributed by atoms with Crippen LogP contribution in [-0.4, -0.2) is 28.2 Å². The molecule has 0 radical (unpaired) electrons. The fourth-order valence-corrected chi connectivity index (χ4v) is 2.41. The molecule has 1 fully saturated rings. The van der Waals surface area contributed by atoms with E-state index >= 15 is 0 Å². The summed E-state index contributed by atoms with van der Waals surface area (Å²) >= 11 is 6.00. The predicted molar refractivity (Wildman–Crippen MR) is 66.1 cm³/mol. The van der Waals surface area contributed by atoms with E-state index in [1.807, 2.05) is 22.9 Å². The fourth-order valence-electron chi connectivity index (χ4n) is 2.25. The highest BCUT2D eigenvalue weighted by molar-refractivity contribution is 6.31. The highest BCUT2D eigenvalue weighted by Gasteiger charge is 2.16. The highest BCUT2D eigenvalue weighted by Crippen LogP contribution is 2.21. The van der Waals surface area contributed by atoms with Gasteiger partial charge >= 0.3 is 0 Å². The van der Waals surface area contributed by atoms with Gasteiger partial charge in [-0.2, -0.15) is 0 Å². The van der Waals surface area contributed by atoms with Gasteiger partial charge in [-0.05, 0) is 37.0 Å². The first-order chi connectivity index (χ1) is 8.33. The minimum Gasteiger partial charge on any atom is -0.381 e. The van der Waals surface area contributed by atoms with Crippen LogP contribution >= 0.6 is 11.6 Å². The fraction of sp³-hybridized carbons (Fsp3) is 0.500. The molecule has 3 rings (SSSR count). The van der Waals surface area contributed by atoms with E-state index in [0.717, 1.165) is 48.7 Å². The van der Waals surface area contributed by atoms with Crippen molar-refractivity contribution in [2.24, 2.45) is 5.92 Å². The summed E-state index contributed by atoms with van der Waals surface area (Å²) in [7, 11) is 0. The minimum atomic E-state index is 0.632. The minimum absolute atomic E-state index is 0.632. The number of benzene rings is 1. The van der Waals surface area contributed by atoms with Crippen LogP contribution in [-0.2, 0) is 11.3 Å². The van der Waals surface area contributed by atoms with Gasteiger partial charge in [0.25, 0.3) is 0 Å². The molecule has 1 aliphatic rings. The lowest BCUT2D eigenvalue weighted by Gasteiger charge is -2.21. The van der Waals surface area contributed by atoms with Crippen molar-refractivity contribution in [3.63, 3.8) is 0 Å². The van der Waals surface area contributed by atoms with Crippen molar-refractivity contribution < 1.29 is 4.74 Å². The third kappa shape index (κ3) is 2.28. The molecule has 0 unspecified atom stereocenters. The Bertz CT molecular complexity index is 519. The molecule has 0 bridgehead atoms. The Hall–Kier alpha value is -1.13. The summed E-state index contributed by atoms with van der Waals surface area (Å²) in [5.74, 6) is 0.632. The maximum Gasteiger partial charge on any atom is 0.113 e. The lowest BCUT2D eigenvalue weighted by Crippen LogP contribution is -2.20. The molecule has 0 spiro atoms. The molecule has 4 nitrogen and oxygen atoms in total. The number of ether oxygens (including phenoxy) is 1. The number of halogens is 1. The van der Waals surface area contributed by atoms with Crippen LogP contribution in [0.3, 0.4) is 0 Å². The Kier molecular flexibility index (Phi) is 2.99. The molecule has 1 saturated heterocycles. The van der Waals surface area contributed by atoms with E-state index < -0.39 is 0 Å². The van der Waals surface area contributed by atoms with E-state index in [1.165, 1.54) is 0 Å². The quantitative estimate of drug-likeness (QED) is 0.823. The molecule has 0 saturated carbocycles. The first-order valence-corrected chi connectivity index (χ1v) is 6.27.